The third-order valence-electron chi connectivity index (χ3n) is 6.44. The average molecular weight is 446 g/mol. The highest BCUT2D eigenvalue weighted by atomic mass is 16.5. The third kappa shape index (κ3) is 5.29. The highest BCUT2D eigenvalue weighted by Gasteiger charge is 2.19. The number of carbonyl (C=O) groups is 1. The Morgan fingerprint density at radius 2 is 1.48 bits per heavy atom. The highest BCUT2D eigenvalue weighted by Crippen LogP contribution is 2.32. The van der Waals surface area contributed by atoms with Crippen molar-refractivity contribution in [2.45, 2.75) is 12.8 Å². The molecule has 3 aromatic carbocycles. The second-order valence-electron chi connectivity index (χ2n) is 8.63. The predicted molar refractivity (Wildman–Crippen MR) is 133 cm³/mol. The maximum atomic E-state index is 12.9. The van der Waals surface area contributed by atoms with Crippen LogP contribution in [0.25, 0.3) is 10.8 Å². The van der Waals surface area contributed by atoms with Gasteiger partial charge in [-0.2, -0.15) is 0 Å². The number of rotatable bonds is 6. The molecule has 2 aliphatic rings. The van der Waals surface area contributed by atoms with Crippen LogP contribution in [0.4, 0.5) is 17.1 Å². The number of benzene rings is 3. The molecule has 0 unspecified atom stereocenters. The Labute approximate surface area is 195 Å². The fourth-order valence-electron chi connectivity index (χ4n) is 4.57. The monoisotopic (exact) mass is 445 g/mol. The van der Waals surface area contributed by atoms with Crippen LogP contribution >= 0.6 is 0 Å². The number of carbonyl (C=O) groups excluding carboxylic acids is 1. The normalized spacial score (nSPS) is 16.7. The van der Waals surface area contributed by atoms with E-state index in [0.29, 0.717) is 19.6 Å². The first kappa shape index (κ1) is 21.7. The number of nitrogens with one attached hydrogen (secondary N) is 1. The van der Waals surface area contributed by atoms with Crippen molar-refractivity contribution in [3.8, 4) is 0 Å². The molecule has 6 nitrogen and oxygen atoms in total. The van der Waals surface area contributed by atoms with Crippen molar-refractivity contribution < 1.29 is 14.3 Å². The lowest BCUT2D eigenvalue weighted by molar-refractivity contribution is -0.116. The van der Waals surface area contributed by atoms with Crippen molar-refractivity contribution in [1.82, 2.24) is 0 Å². The number of amides is 1. The number of ether oxygens (including phenoxy) is 2. The maximum Gasteiger partial charge on any atom is 0.224 e. The first-order chi connectivity index (χ1) is 16.3. The molecule has 0 radical (unpaired) electrons. The molecule has 1 N–H and O–H groups in total. The number of hydrogen-bond donors (Lipinski definition) is 1. The van der Waals surface area contributed by atoms with Crippen LogP contribution in [0.5, 0.6) is 0 Å². The lowest BCUT2D eigenvalue weighted by atomic mass is 10.0. The van der Waals surface area contributed by atoms with Gasteiger partial charge >= 0.3 is 0 Å². The zero-order valence-electron chi connectivity index (χ0n) is 19.0. The molecule has 0 aliphatic carbocycles. The van der Waals surface area contributed by atoms with Gasteiger partial charge in [0.15, 0.2) is 0 Å². The minimum atomic E-state index is 0.0387. The first-order valence-electron chi connectivity index (χ1n) is 11.8. The average Bonchev–Trinajstić information content (AvgIpc) is 2.88. The second kappa shape index (κ2) is 10.2. The van der Waals surface area contributed by atoms with E-state index in [-0.39, 0.29) is 5.91 Å². The highest BCUT2D eigenvalue weighted by molar-refractivity contribution is 5.95. The van der Waals surface area contributed by atoms with E-state index in [1.807, 2.05) is 18.2 Å². The molecule has 0 aromatic heterocycles. The van der Waals surface area contributed by atoms with E-state index in [0.717, 1.165) is 57.2 Å². The van der Waals surface area contributed by atoms with Crippen LogP contribution in [0.3, 0.4) is 0 Å². The number of aryl methyl sites for hydroxylation is 1. The smallest absolute Gasteiger partial charge is 0.224 e. The summed E-state index contributed by atoms with van der Waals surface area (Å²) in [5.41, 5.74) is 4.30. The quantitative estimate of drug-likeness (QED) is 0.620. The summed E-state index contributed by atoms with van der Waals surface area (Å²) in [5.74, 6) is 0.0387. The Morgan fingerprint density at radius 1 is 0.788 bits per heavy atom. The van der Waals surface area contributed by atoms with Crippen LogP contribution in [0.2, 0.25) is 0 Å². The lowest BCUT2D eigenvalue weighted by Gasteiger charge is -2.33. The standard InChI is InChI=1S/C27H31N3O3/c31-27(10-6-21-5-7-22-3-1-2-4-23(22)19-21)28-25-9-8-24(29-11-15-32-16-12-29)20-26(25)30-13-17-33-18-14-30/h1-5,7-9,19-20H,6,10-18H2,(H,28,31). The van der Waals surface area contributed by atoms with Crippen molar-refractivity contribution in [3.05, 3.63) is 66.2 Å². The van der Waals surface area contributed by atoms with Gasteiger partial charge < -0.3 is 24.6 Å². The van der Waals surface area contributed by atoms with E-state index in [1.54, 1.807) is 0 Å². The lowest BCUT2D eigenvalue weighted by Crippen LogP contribution is -2.38. The second-order valence-corrected chi connectivity index (χ2v) is 8.63. The van der Waals surface area contributed by atoms with Crippen LogP contribution in [-0.4, -0.2) is 58.5 Å². The first-order valence-corrected chi connectivity index (χ1v) is 11.8. The molecule has 5 rings (SSSR count). The van der Waals surface area contributed by atoms with Gasteiger partial charge in [-0.1, -0.05) is 42.5 Å². The molecule has 2 fully saturated rings. The van der Waals surface area contributed by atoms with Gasteiger partial charge in [0.1, 0.15) is 0 Å². The Bertz CT molecular complexity index is 1100. The van der Waals surface area contributed by atoms with E-state index in [9.17, 15) is 4.79 Å². The summed E-state index contributed by atoms with van der Waals surface area (Å²) >= 11 is 0. The summed E-state index contributed by atoms with van der Waals surface area (Å²) in [6.45, 7) is 6.34. The van der Waals surface area contributed by atoms with Crippen molar-refractivity contribution >= 4 is 33.7 Å². The number of morpholine rings is 2. The predicted octanol–water partition coefficient (Wildman–Crippen LogP) is 4.08. The van der Waals surface area contributed by atoms with Gasteiger partial charge in [-0.25, -0.2) is 0 Å². The van der Waals surface area contributed by atoms with E-state index >= 15 is 0 Å². The number of fused-ring (bicyclic) bond motifs is 1. The molecule has 0 bridgehead atoms. The molecule has 2 heterocycles. The zero-order valence-corrected chi connectivity index (χ0v) is 19.0. The minimum Gasteiger partial charge on any atom is -0.378 e. The maximum absolute atomic E-state index is 12.9. The summed E-state index contributed by atoms with van der Waals surface area (Å²) < 4.78 is 11.1. The summed E-state index contributed by atoms with van der Waals surface area (Å²) in [7, 11) is 0. The molecular formula is C27H31N3O3. The Balaban J connectivity index is 1.29. The van der Waals surface area contributed by atoms with Crippen molar-refractivity contribution in [1.29, 1.82) is 0 Å². The van der Waals surface area contributed by atoms with E-state index < -0.39 is 0 Å². The van der Waals surface area contributed by atoms with Crippen molar-refractivity contribution in [2.24, 2.45) is 0 Å². The number of nitrogens with zero attached hydrogens (tertiary/aromatic N) is 2. The Kier molecular flexibility index (Phi) is 6.74. The molecule has 33 heavy (non-hydrogen) atoms. The Morgan fingerprint density at radius 3 is 2.24 bits per heavy atom. The van der Waals surface area contributed by atoms with Gasteiger partial charge in [-0.05, 0) is 41.0 Å². The topological polar surface area (TPSA) is 54.0 Å². The van der Waals surface area contributed by atoms with Crippen LogP contribution in [0.1, 0.15) is 12.0 Å². The molecule has 2 aliphatic heterocycles. The molecule has 172 valence electrons. The summed E-state index contributed by atoms with van der Waals surface area (Å²) in [6.07, 6.45) is 1.17. The molecule has 2 saturated heterocycles. The molecule has 0 atom stereocenters. The van der Waals surface area contributed by atoms with Crippen LogP contribution in [0.15, 0.2) is 60.7 Å². The summed E-state index contributed by atoms with van der Waals surface area (Å²) in [5, 5.41) is 5.62. The van der Waals surface area contributed by atoms with Gasteiger partial charge in [-0.3, -0.25) is 4.79 Å². The van der Waals surface area contributed by atoms with Crippen LogP contribution < -0.4 is 15.1 Å². The number of anilines is 3. The van der Waals surface area contributed by atoms with Gasteiger partial charge in [0.05, 0.1) is 37.8 Å². The van der Waals surface area contributed by atoms with E-state index in [2.05, 4.69) is 57.6 Å². The van der Waals surface area contributed by atoms with E-state index in [4.69, 9.17) is 9.47 Å². The van der Waals surface area contributed by atoms with E-state index in [1.165, 1.54) is 22.0 Å². The number of hydrogen-bond acceptors (Lipinski definition) is 5. The zero-order chi connectivity index (χ0) is 22.5. The van der Waals surface area contributed by atoms with Gasteiger partial charge in [0.2, 0.25) is 5.91 Å². The Hall–Kier alpha value is -3.09. The molecule has 1 amide bonds. The summed E-state index contributed by atoms with van der Waals surface area (Å²) in [4.78, 5) is 17.5. The fraction of sp³-hybridized carbons (Fsp3) is 0.370. The van der Waals surface area contributed by atoms with Gasteiger partial charge in [-0.15, -0.1) is 0 Å². The minimum absolute atomic E-state index is 0.0387. The van der Waals surface area contributed by atoms with Crippen molar-refractivity contribution in [2.75, 3.05) is 67.7 Å². The van der Waals surface area contributed by atoms with Crippen molar-refractivity contribution in [3.63, 3.8) is 0 Å². The molecule has 6 heteroatoms. The third-order valence-corrected chi connectivity index (χ3v) is 6.44. The van der Waals surface area contributed by atoms with Crippen LogP contribution in [0, 0.1) is 0 Å². The largest absolute Gasteiger partial charge is 0.378 e. The fourth-order valence-corrected chi connectivity index (χ4v) is 4.57. The molecule has 0 spiro atoms. The molecule has 3 aromatic rings. The van der Waals surface area contributed by atoms with Crippen LogP contribution in [-0.2, 0) is 20.7 Å². The SMILES string of the molecule is O=C(CCc1ccc2ccccc2c1)Nc1ccc(N2CCOCC2)cc1N1CCOCC1. The summed E-state index contributed by atoms with van der Waals surface area (Å²) in [6, 6.07) is 21.1. The molecule has 0 saturated carbocycles. The van der Waals surface area contributed by atoms with Gasteiger partial charge in [0, 0.05) is 38.3 Å². The molecular weight excluding hydrogens is 414 g/mol. The van der Waals surface area contributed by atoms with Gasteiger partial charge in [0.25, 0.3) is 0 Å².